The first-order chi connectivity index (χ1) is 32.2. The predicted octanol–water partition coefficient (Wildman–Crippen LogP) is 15.6. The molecular weight excluding hydrogens is 783 g/mol. The zero-order chi connectivity index (χ0) is 42.6. The van der Waals surface area contributed by atoms with Crippen LogP contribution in [0.15, 0.2) is 224 Å². The van der Waals surface area contributed by atoms with Crippen LogP contribution in [-0.2, 0) is 10.8 Å². The zero-order valence-corrected chi connectivity index (χ0v) is 35.9. The summed E-state index contributed by atoms with van der Waals surface area (Å²) in [7, 11) is 0. The molecule has 2 heterocycles. The molecule has 65 heavy (non-hydrogen) atoms. The number of fused-ring (bicyclic) bond motifs is 17. The van der Waals surface area contributed by atoms with Crippen molar-refractivity contribution in [3.8, 4) is 50.2 Å². The second kappa shape index (κ2) is 12.6. The highest BCUT2D eigenvalue weighted by Gasteiger charge is 2.52. The fourth-order valence-corrected chi connectivity index (χ4v) is 13.5. The minimum absolute atomic E-state index is 0.0417. The van der Waals surface area contributed by atoms with Crippen LogP contribution in [0.4, 0.5) is 0 Å². The molecule has 1 spiro atoms. The average molecular weight is 824 g/mol. The molecule has 0 bridgehead atoms. The number of nitrogens with zero attached hydrogens (tertiary/aromatic N) is 1. The Morgan fingerprint density at radius 3 is 1.85 bits per heavy atom. The molecule has 1 aliphatic heterocycles. The summed E-state index contributed by atoms with van der Waals surface area (Å²) in [6.07, 6.45) is 0. The summed E-state index contributed by atoms with van der Waals surface area (Å²) in [5.41, 5.74) is 27.2. The highest BCUT2D eigenvalue weighted by atomic mass is 15.0. The molecule has 15 rings (SSSR count). The summed E-state index contributed by atoms with van der Waals surface area (Å²) in [6, 6.07) is 85.4. The normalized spacial score (nSPS) is 18.8. The maximum Gasteiger partial charge on any atom is 0.0754 e. The zero-order valence-electron chi connectivity index (χ0n) is 35.9. The van der Waals surface area contributed by atoms with Gasteiger partial charge in [-0.1, -0.05) is 200 Å². The SMILES string of the molecule is CC12c3ccccc3-c3cccc(c31)C(c1ccccc1-c1ccc3c(c1)-c1ccccc1C31c3ccccc3-n3c4ccccc4c4cccc1c43)c1ccc(-c3ccccc3)cc12. The number of aromatic nitrogens is 1. The van der Waals surface area contributed by atoms with Crippen molar-refractivity contribution < 1.29 is 0 Å². The molecule has 0 saturated carbocycles. The van der Waals surface area contributed by atoms with Crippen molar-refractivity contribution >= 4 is 21.8 Å². The van der Waals surface area contributed by atoms with E-state index in [-0.39, 0.29) is 11.3 Å². The second-order valence-electron chi connectivity index (χ2n) is 18.8. The van der Waals surface area contributed by atoms with Crippen LogP contribution < -0.4 is 0 Å². The lowest BCUT2D eigenvalue weighted by Gasteiger charge is -2.41. The molecule has 0 saturated heterocycles. The number of hydrogen-bond acceptors (Lipinski definition) is 0. The van der Waals surface area contributed by atoms with E-state index in [4.69, 9.17) is 0 Å². The van der Waals surface area contributed by atoms with E-state index in [1.54, 1.807) is 0 Å². The number of benzene rings is 10. The van der Waals surface area contributed by atoms with Gasteiger partial charge in [0.15, 0.2) is 0 Å². The molecule has 3 unspecified atom stereocenters. The molecule has 302 valence electrons. The van der Waals surface area contributed by atoms with Crippen LogP contribution in [0.5, 0.6) is 0 Å². The van der Waals surface area contributed by atoms with E-state index < -0.39 is 5.41 Å². The minimum Gasteiger partial charge on any atom is -0.309 e. The van der Waals surface area contributed by atoms with E-state index in [1.165, 1.54) is 128 Å². The fraction of sp³-hybridized carbons (Fsp3) is 0.0625. The lowest BCUT2D eigenvalue weighted by atomic mass is 9.61. The molecule has 3 aliphatic carbocycles. The van der Waals surface area contributed by atoms with Gasteiger partial charge < -0.3 is 4.57 Å². The van der Waals surface area contributed by atoms with Gasteiger partial charge in [0.25, 0.3) is 0 Å². The molecule has 0 fully saturated rings. The maximum absolute atomic E-state index is 2.53. The summed E-state index contributed by atoms with van der Waals surface area (Å²) >= 11 is 0. The van der Waals surface area contributed by atoms with Crippen molar-refractivity contribution in [1.82, 2.24) is 4.57 Å². The maximum atomic E-state index is 2.53. The van der Waals surface area contributed by atoms with Crippen LogP contribution in [-0.4, -0.2) is 4.57 Å². The quantitative estimate of drug-likeness (QED) is 0.167. The largest absolute Gasteiger partial charge is 0.309 e. The Kier molecular flexibility index (Phi) is 6.87. The smallest absolute Gasteiger partial charge is 0.0754 e. The molecule has 4 aliphatic rings. The van der Waals surface area contributed by atoms with E-state index >= 15 is 0 Å². The van der Waals surface area contributed by atoms with Gasteiger partial charge in [-0.3, -0.25) is 0 Å². The Balaban J connectivity index is 0.974. The van der Waals surface area contributed by atoms with Crippen molar-refractivity contribution in [1.29, 1.82) is 0 Å². The first-order valence-corrected chi connectivity index (χ1v) is 23.0. The van der Waals surface area contributed by atoms with Crippen LogP contribution in [0.25, 0.3) is 72.0 Å². The molecule has 0 radical (unpaired) electrons. The monoisotopic (exact) mass is 823 g/mol. The third-order valence-electron chi connectivity index (χ3n) is 15.9. The lowest BCUT2D eigenvalue weighted by molar-refractivity contribution is 0.659. The number of hydrogen-bond donors (Lipinski definition) is 0. The molecule has 1 heteroatoms. The van der Waals surface area contributed by atoms with Crippen molar-refractivity contribution in [2.75, 3.05) is 0 Å². The van der Waals surface area contributed by atoms with Crippen LogP contribution in [0.2, 0.25) is 0 Å². The van der Waals surface area contributed by atoms with Gasteiger partial charge in [-0.25, -0.2) is 0 Å². The Hall–Kier alpha value is -8.00. The first kappa shape index (κ1) is 35.5. The minimum atomic E-state index is -0.479. The topological polar surface area (TPSA) is 4.93 Å². The van der Waals surface area contributed by atoms with Gasteiger partial charge in [0, 0.05) is 22.1 Å². The highest BCUT2D eigenvalue weighted by Crippen LogP contribution is 2.63. The van der Waals surface area contributed by atoms with Crippen molar-refractivity contribution in [2.24, 2.45) is 0 Å². The third-order valence-corrected chi connectivity index (χ3v) is 15.9. The summed E-state index contributed by atoms with van der Waals surface area (Å²) < 4.78 is 2.53. The third kappa shape index (κ3) is 4.29. The molecule has 0 amide bonds. The Morgan fingerprint density at radius 2 is 0.969 bits per heavy atom. The molecule has 11 aromatic rings. The van der Waals surface area contributed by atoms with Gasteiger partial charge in [-0.15, -0.1) is 0 Å². The van der Waals surface area contributed by atoms with Gasteiger partial charge in [0.2, 0.25) is 0 Å². The van der Waals surface area contributed by atoms with Crippen LogP contribution in [0.3, 0.4) is 0 Å². The van der Waals surface area contributed by atoms with Gasteiger partial charge in [-0.05, 0) is 131 Å². The molecule has 3 atom stereocenters. The highest BCUT2D eigenvalue weighted by molar-refractivity contribution is 6.13. The van der Waals surface area contributed by atoms with E-state index in [1.807, 2.05) is 0 Å². The van der Waals surface area contributed by atoms with Gasteiger partial charge in [0.05, 0.1) is 22.1 Å². The summed E-state index contributed by atoms with van der Waals surface area (Å²) in [6.45, 7) is 2.48. The van der Waals surface area contributed by atoms with Crippen molar-refractivity contribution in [2.45, 2.75) is 23.7 Å². The number of rotatable bonds is 3. The van der Waals surface area contributed by atoms with E-state index in [9.17, 15) is 0 Å². The Morgan fingerprint density at radius 1 is 0.354 bits per heavy atom. The van der Waals surface area contributed by atoms with Gasteiger partial charge in [-0.2, -0.15) is 0 Å². The average Bonchev–Trinajstić information content (AvgIpc) is 3.97. The molecular formula is C64H41N. The second-order valence-corrected chi connectivity index (χ2v) is 18.8. The fourth-order valence-electron chi connectivity index (χ4n) is 13.5. The molecule has 0 N–H and O–H groups in total. The van der Waals surface area contributed by atoms with Crippen molar-refractivity contribution in [3.63, 3.8) is 0 Å². The first-order valence-electron chi connectivity index (χ1n) is 23.0. The summed E-state index contributed by atoms with van der Waals surface area (Å²) in [5.74, 6) is 0.0417. The number of para-hydroxylation sites is 3. The van der Waals surface area contributed by atoms with E-state index in [2.05, 4.69) is 236 Å². The van der Waals surface area contributed by atoms with Gasteiger partial charge >= 0.3 is 0 Å². The summed E-state index contributed by atoms with van der Waals surface area (Å²) in [4.78, 5) is 0. The Labute approximate surface area is 378 Å². The van der Waals surface area contributed by atoms with E-state index in [0.717, 1.165) is 0 Å². The van der Waals surface area contributed by atoms with Crippen LogP contribution >= 0.6 is 0 Å². The standard InChI is InChI=1S/C64H41N/c1-63-52-27-10-7-20-43(52)47-24-15-26-50(61(47)63)60(49-35-33-40(38-57(49)63)39-17-3-2-4-18-39)46-23-6-5-19-42(46)41-34-36-54-51(37-41)44-21-8-11-28-53(44)64(54)55-29-12-14-32-59(55)65-58-31-13-9-22-45(58)48-25-16-30-56(64)62(48)65/h2-38,60H,1H3. The molecule has 1 nitrogen and oxygen atoms in total. The summed E-state index contributed by atoms with van der Waals surface area (Å²) in [5, 5.41) is 2.60. The van der Waals surface area contributed by atoms with Crippen molar-refractivity contribution in [3.05, 3.63) is 280 Å². The van der Waals surface area contributed by atoms with Crippen LogP contribution in [0, 0.1) is 0 Å². The molecule has 1 aromatic heterocycles. The lowest BCUT2D eigenvalue weighted by Crippen LogP contribution is -2.33. The van der Waals surface area contributed by atoms with E-state index in [0.29, 0.717) is 0 Å². The predicted molar refractivity (Wildman–Crippen MR) is 267 cm³/mol. The molecule has 10 aromatic carbocycles. The Bertz CT molecular complexity index is 3870. The van der Waals surface area contributed by atoms with Crippen LogP contribution in [0.1, 0.15) is 68.5 Å². The van der Waals surface area contributed by atoms with Gasteiger partial charge in [0.1, 0.15) is 0 Å².